The van der Waals surface area contributed by atoms with E-state index in [4.69, 9.17) is 5.73 Å². The maximum absolute atomic E-state index is 13.4. The van der Waals surface area contributed by atoms with Crippen molar-refractivity contribution in [1.82, 2.24) is 15.6 Å². The Kier molecular flexibility index (Phi) is 11.2. The van der Waals surface area contributed by atoms with Gasteiger partial charge in [-0.15, -0.1) is 0 Å². The molecule has 0 aliphatic carbocycles. The normalized spacial score (nSPS) is 13.4. The van der Waals surface area contributed by atoms with Gasteiger partial charge >= 0.3 is 0 Å². The van der Waals surface area contributed by atoms with E-state index in [1.54, 1.807) is 24.4 Å². The number of nitriles is 1. The van der Waals surface area contributed by atoms with E-state index in [-0.39, 0.29) is 17.7 Å². The Morgan fingerprint density at radius 2 is 1.83 bits per heavy atom. The molecule has 0 aliphatic heterocycles. The molecule has 2 aromatic carbocycles. The summed E-state index contributed by atoms with van der Waals surface area (Å²) in [7, 11) is 0. The molecule has 1 atom stereocenters. The van der Waals surface area contributed by atoms with Gasteiger partial charge in [0.25, 0.3) is 0 Å². The van der Waals surface area contributed by atoms with Gasteiger partial charge in [0.15, 0.2) is 6.29 Å². The van der Waals surface area contributed by atoms with Crippen LogP contribution in [0.3, 0.4) is 0 Å². The van der Waals surface area contributed by atoms with Crippen molar-refractivity contribution in [2.75, 3.05) is 5.73 Å². The molecule has 6 nitrogen and oxygen atoms in total. The van der Waals surface area contributed by atoms with E-state index in [1.807, 2.05) is 63.3 Å². The van der Waals surface area contributed by atoms with Crippen molar-refractivity contribution in [3.05, 3.63) is 130 Å². The number of nitrogens with zero attached hydrogens (tertiary/aromatic N) is 2. The quantitative estimate of drug-likeness (QED) is 0.124. The second kappa shape index (κ2) is 15.0. The molecular formula is C34H36FN5O. The highest BCUT2D eigenvalue weighted by molar-refractivity contribution is 5.84. The van der Waals surface area contributed by atoms with Crippen LogP contribution in [-0.4, -0.2) is 11.3 Å². The first-order valence-corrected chi connectivity index (χ1v) is 13.5. The first kappa shape index (κ1) is 30.6. The fourth-order valence-electron chi connectivity index (χ4n) is 4.21. The first-order valence-electron chi connectivity index (χ1n) is 13.5. The molecule has 0 aliphatic rings. The summed E-state index contributed by atoms with van der Waals surface area (Å²) in [5.74, 6) is -0.0497. The number of nitrogens with one attached hydrogen (secondary N) is 2. The van der Waals surface area contributed by atoms with Gasteiger partial charge in [-0.05, 0) is 79.8 Å². The maximum Gasteiger partial charge on any atom is 0.153 e. The van der Waals surface area contributed by atoms with Gasteiger partial charge in [-0.3, -0.25) is 4.79 Å². The monoisotopic (exact) mass is 549 g/mol. The van der Waals surface area contributed by atoms with Gasteiger partial charge in [-0.1, -0.05) is 55.5 Å². The zero-order valence-corrected chi connectivity index (χ0v) is 23.9. The molecule has 3 rings (SSSR count). The van der Waals surface area contributed by atoms with E-state index >= 15 is 0 Å². The number of halogens is 1. The van der Waals surface area contributed by atoms with Crippen molar-refractivity contribution < 1.29 is 9.18 Å². The highest BCUT2D eigenvalue weighted by Crippen LogP contribution is 2.23. The number of allylic oxidation sites excluding steroid dienone is 6. The van der Waals surface area contributed by atoms with Crippen LogP contribution in [0.4, 0.5) is 10.2 Å². The summed E-state index contributed by atoms with van der Waals surface area (Å²) < 4.78 is 13.4. The van der Waals surface area contributed by atoms with E-state index in [2.05, 4.69) is 34.7 Å². The molecule has 0 saturated heterocycles. The van der Waals surface area contributed by atoms with Crippen LogP contribution in [0.15, 0.2) is 108 Å². The number of anilines is 1. The second-order valence-corrected chi connectivity index (χ2v) is 9.59. The Balaban J connectivity index is 1.69. The number of aromatic nitrogens is 1. The number of hydrogen-bond acceptors (Lipinski definition) is 6. The first-order chi connectivity index (χ1) is 19.8. The van der Waals surface area contributed by atoms with E-state index in [1.165, 1.54) is 12.1 Å². The lowest BCUT2D eigenvalue weighted by Gasteiger charge is -2.20. The Bertz CT molecular complexity index is 1510. The topological polar surface area (TPSA) is 104 Å². The van der Waals surface area contributed by atoms with E-state index in [0.717, 1.165) is 45.6 Å². The molecule has 0 fully saturated rings. The van der Waals surface area contributed by atoms with E-state index in [0.29, 0.717) is 24.0 Å². The molecule has 1 heterocycles. The third-order valence-corrected chi connectivity index (χ3v) is 6.52. The molecular weight excluding hydrogens is 513 g/mol. The molecule has 210 valence electrons. The minimum absolute atomic E-state index is 0.0454. The number of nitrogens with two attached hydrogens (primary N) is 1. The van der Waals surface area contributed by atoms with Gasteiger partial charge in [0.1, 0.15) is 11.6 Å². The van der Waals surface area contributed by atoms with Gasteiger partial charge in [-0.2, -0.15) is 5.26 Å². The van der Waals surface area contributed by atoms with Crippen LogP contribution in [-0.2, 0) is 6.54 Å². The average Bonchev–Trinajstić information content (AvgIpc) is 2.98. The third-order valence-electron chi connectivity index (χ3n) is 6.52. The molecule has 0 spiro atoms. The minimum atomic E-state index is -0.265. The predicted molar refractivity (Wildman–Crippen MR) is 164 cm³/mol. The average molecular weight is 550 g/mol. The van der Waals surface area contributed by atoms with Crippen molar-refractivity contribution in [1.29, 1.82) is 5.26 Å². The van der Waals surface area contributed by atoms with Crippen LogP contribution in [0.25, 0.3) is 11.1 Å². The Morgan fingerprint density at radius 1 is 1.12 bits per heavy atom. The molecule has 41 heavy (non-hydrogen) atoms. The Hall–Kier alpha value is -4.96. The molecule has 0 radical (unpaired) electrons. The zero-order chi connectivity index (χ0) is 29.8. The molecule has 1 unspecified atom stereocenters. The summed E-state index contributed by atoms with van der Waals surface area (Å²) in [5.41, 5.74) is 13.0. The number of carbonyl (C=O) groups excluding carboxylic acids is 1. The highest BCUT2D eigenvalue weighted by Gasteiger charge is 2.10. The van der Waals surface area contributed by atoms with Crippen LogP contribution in [0.1, 0.15) is 61.6 Å². The molecule has 4 N–H and O–H groups in total. The van der Waals surface area contributed by atoms with Gasteiger partial charge < -0.3 is 16.4 Å². The van der Waals surface area contributed by atoms with Gasteiger partial charge in [0.2, 0.25) is 0 Å². The summed E-state index contributed by atoms with van der Waals surface area (Å²) >= 11 is 0. The largest absolute Gasteiger partial charge is 0.384 e. The lowest BCUT2D eigenvalue weighted by Crippen LogP contribution is -2.19. The van der Waals surface area contributed by atoms with Crippen LogP contribution < -0.4 is 16.4 Å². The van der Waals surface area contributed by atoms with Crippen molar-refractivity contribution in [2.45, 2.75) is 46.7 Å². The van der Waals surface area contributed by atoms with Gasteiger partial charge in [0.05, 0.1) is 17.2 Å². The van der Waals surface area contributed by atoms with Crippen molar-refractivity contribution in [2.24, 2.45) is 0 Å². The van der Waals surface area contributed by atoms with Crippen molar-refractivity contribution in [3.8, 4) is 17.2 Å². The van der Waals surface area contributed by atoms with Crippen molar-refractivity contribution in [3.63, 3.8) is 0 Å². The number of aldehydes is 1. The zero-order valence-electron chi connectivity index (χ0n) is 23.9. The molecule has 0 amide bonds. The standard InChI is InChI=1S/C34H36FN5O/c1-5-7-33(40-24(4)28-12-14-32(35)15-13-28)27(6-2)17-26(19-36)16-23(3)38-20-25-8-10-29(11-9-25)30-18-31(22-41)34(37)39-21-30/h6-18,21-22,24,38,40H,5,20H2,1-4H3,(H2,37,39)/b23-16-,26-17+,27-6+,33-7+. The van der Waals surface area contributed by atoms with E-state index < -0.39 is 0 Å². The van der Waals surface area contributed by atoms with Crippen LogP contribution in [0.5, 0.6) is 0 Å². The molecule has 1 aromatic heterocycles. The van der Waals surface area contributed by atoms with Crippen LogP contribution in [0.2, 0.25) is 0 Å². The SMILES string of the molecule is C/C=C(\C=C(C#N)/C=C(/C)NCc1ccc(-c2cnc(N)c(C=O)c2)cc1)C(=C\CC)/NC(C)c1ccc(F)cc1. The Labute approximate surface area is 241 Å². The van der Waals surface area contributed by atoms with E-state index in [9.17, 15) is 14.4 Å². The number of nitrogen functional groups attached to an aromatic ring is 1. The minimum Gasteiger partial charge on any atom is -0.384 e. The van der Waals surface area contributed by atoms with Crippen molar-refractivity contribution >= 4 is 12.1 Å². The second-order valence-electron chi connectivity index (χ2n) is 9.59. The fraction of sp³-hybridized carbons (Fsp3) is 0.206. The molecule has 3 aromatic rings. The van der Waals surface area contributed by atoms with Gasteiger partial charge in [-0.25, -0.2) is 9.37 Å². The van der Waals surface area contributed by atoms with Gasteiger partial charge in [0, 0.05) is 35.7 Å². The smallest absolute Gasteiger partial charge is 0.153 e. The Morgan fingerprint density at radius 3 is 2.44 bits per heavy atom. The summed E-state index contributed by atoms with van der Waals surface area (Å²) in [6, 6.07) is 18.4. The number of hydrogen-bond donors (Lipinski definition) is 3. The molecule has 7 heteroatoms. The number of pyridine rings is 1. The summed E-state index contributed by atoms with van der Waals surface area (Å²) in [6.45, 7) is 8.52. The molecule has 0 saturated carbocycles. The lowest BCUT2D eigenvalue weighted by atomic mass is 10.0. The molecule has 0 bridgehead atoms. The summed E-state index contributed by atoms with van der Waals surface area (Å²) in [6.07, 6.45) is 10.9. The number of carbonyl (C=O) groups is 1. The van der Waals surface area contributed by atoms with Crippen LogP contribution >= 0.6 is 0 Å². The summed E-state index contributed by atoms with van der Waals surface area (Å²) in [5, 5.41) is 16.7. The lowest BCUT2D eigenvalue weighted by molar-refractivity contribution is 0.112. The highest BCUT2D eigenvalue weighted by atomic mass is 19.1. The maximum atomic E-state index is 13.4. The number of benzene rings is 2. The third kappa shape index (κ3) is 8.77. The predicted octanol–water partition coefficient (Wildman–Crippen LogP) is 7.32. The number of rotatable bonds is 12. The fourth-order valence-corrected chi connectivity index (χ4v) is 4.21. The van der Waals surface area contributed by atoms with Crippen LogP contribution in [0, 0.1) is 17.1 Å². The summed E-state index contributed by atoms with van der Waals surface area (Å²) in [4.78, 5) is 15.3.